The molecule has 3 aromatic carbocycles. The van der Waals surface area contributed by atoms with E-state index >= 15 is 0 Å². The normalized spacial score (nSPS) is 16.2. The number of benzene rings is 3. The number of nitrogens with zero attached hydrogens (tertiary/aromatic N) is 2. The molecule has 1 fully saturated rings. The van der Waals surface area contributed by atoms with Crippen LogP contribution in [0.1, 0.15) is 16.7 Å². The topological polar surface area (TPSA) is 97.4 Å². The summed E-state index contributed by atoms with van der Waals surface area (Å²) in [7, 11) is -2.41. The lowest BCUT2D eigenvalue weighted by Crippen LogP contribution is -2.55. The molecule has 1 atom stereocenters. The van der Waals surface area contributed by atoms with Gasteiger partial charge < -0.3 is 19.1 Å². The molecule has 0 saturated carbocycles. The summed E-state index contributed by atoms with van der Waals surface area (Å²) in [5.74, 6) is 1.88. The van der Waals surface area contributed by atoms with Crippen LogP contribution in [-0.4, -0.2) is 70.2 Å². The summed E-state index contributed by atoms with van der Waals surface area (Å²) in [5, 5.41) is 0. The molecule has 0 aromatic heterocycles. The Balaban J connectivity index is 1.27. The van der Waals surface area contributed by atoms with E-state index in [2.05, 4.69) is 9.62 Å². The van der Waals surface area contributed by atoms with E-state index in [1.165, 1.54) is 13.2 Å². The number of methoxy groups -OCH3 is 1. The number of ether oxygens (including phenoxy) is 3. The Morgan fingerprint density at radius 2 is 1.69 bits per heavy atom. The number of rotatable bonds is 9. The number of hydrogen-bond acceptors (Lipinski definition) is 7. The van der Waals surface area contributed by atoms with Crippen LogP contribution in [0.25, 0.3) is 0 Å². The van der Waals surface area contributed by atoms with Gasteiger partial charge in [0.25, 0.3) is 0 Å². The third-order valence-electron chi connectivity index (χ3n) is 7.08. The average molecular weight is 552 g/mol. The quantitative estimate of drug-likeness (QED) is 0.437. The van der Waals surface area contributed by atoms with E-state index in [-0.39, 0.29) is 24.0 Å². The van der Waals surface area contributed by atoms with Gasteiger partial charge in [-0.25, -0.2) is 8.42 Å². The zero-order valence-corrected chi connectivity index (χ0v) is 22.9. The Kier molecular flexibility index (Phi) is 8.06. The van der Waals surface area contributed by atoms with Crippen molar-refractivity contribution in [2.75, 3.05) is 40.1 Å². The maximum Gasteiger partial charge on any atom is 0.241 e. The van der Waals surface area contributed by atoms with Gasteiger partial charge in [-0.1, -0.05) is 36.4 Å². The highest BCUT2D eigenvalue weighted by molar-refractivity contribution is 7.89. The van der Waals surface area contributed by atoms with Gasteiger partial charge >= 0.3 is 0 Å². The molecule has 39 heavy (non-hydrogen) atoms. The van der Waals surface area contributed by atoms with Crippen LogP contribution < -0.4 is 18.9 Å². The zero-order chi connectivity index (χ0) is 27.4. The first-order valence-corrected chi connectivity index (χ1v) is 14.4. The average Bonchev–Trinajstić information content (AvgIpc) is 3.41. The Hall–Kier alpha value is -3.60. The first-order valence-electron chi connectivity index (χ1n) is 12.9. The number of piperazine rings is 1. The van der Waals surface area contributed by atoms with E-state index in [9.17, 15) is 13.2 Å². The molecule has 1 saturated heterocycles. The molecular formula is C29H33N3O6S. The largest absolute Gasteiger partial charge is 0.496 e. The lowest BCUT2D eigenvalue weighted by Gasteiger charge is -2.36. The van der Waals surface area contributed by atoms with Crippen molar-refractivity contribution in [3.8, 4) is 17.2 Å². The van der Waals surface area contributed by atoms with Gasteiger partial charge in [-0.3, -0.25) is 9.69 Å². The minimum Gasteiger partial charge on any atom is -0.496 e. The van der Waals surface area contributed by atoms with Crippen molar-refractivity contribution >= 4 is 15.9 Å². The maximum absolute atomic E-state index is 13.7. The highest BCUT2D eigenvalue weighted by Crippen LogP contribution is 2.33. The third kappa shape index (κ3) is 6.35. The molecule has 3 aromatic rings. The van der Waals surface area contributed by atoms with Crippen LogP contribution in [0.15, 0.2) is 71.6 Å². The number of amides is 1. The number of sulfonamides is 1. The summed E-state index contributed by atoms with van der Waals surface area (Å²) in [6, 6.07) is 19.1. The van der Waals surface area contributed by atoms with E-state index in [1.54, 1.807) is 24.0 Å². The van der Waals surface area contributed by atoms with Crippen molar-refractivity contribution < 1.29 is 27.4 Å². The second kappa shape index (κ2) is 11.6. The summed E-state index contributed by atoms with van der Waals surface area (Å²) in [6.45, 7) is 5.15. The van der Waals surface area contributed by atoms with Crippen LogP contribution in [0.5, 0.6) is 17.2 Å². The third-order valence-corrected chi connectivity index (χ3v) is 8.55. The second-order valence-electron chi connectivity index (χ2n) is 9.78. The fourth-order valence-electron chi connectivity index (χ4n) is 4.95. The van der Waals surface area contributed by atoms with Gasteiger partial charge in [-0.05, 0) is 60.4 Å². The Labute approximate surface area is 229 Å². The SMILES string of the molecule is COc1ccc(S(=O)(=O)N[C@H](Cc2ccccc2)C(=O)N2CCN(Cc3ccc4c(c3)OCO4)CC2)cc1C. The molecule has 0 radical (unpaired) electrons. The molecule has 9 nitrogen and oxygen atoms in total. The van der Waals surface area contributed by atoms with E-state index in [0.29, 0.717) is 37.5 Å². The van der Waals surface area contributed by atoms with Crippen molar-refractivity contribution in [1.82, 2.24) is 14.5 Å². The zero-order valence-electron chi connectivity index (χ0n) is 22.1. The van der Waals surface area contributed by atoms with E-state index < -0.39 is 16.1 Å². The summed E-state index contributed by atoms with van der Waals surface area (Å²) in [5.41, 5.74) is 2.69. The minimum atomic E-state index is -3.95. The first kappa shape index (κ1) is 27.0. The Morgan fingerprint density at radius 3 is 2.41 bits per heavy atom. The van der Waals surface area contributed by atoms with Gasteiger partial charge in [-0.15, -0.1) is 0 Å². The van der Waals surface area contributed by atoms with Gasteiger partial charge in [-0.2, -0.15) is 4.72 Å². The van der Waals surface area contributed by atoms with Crippen LogP contribution in [0.3, 0.4) is 0 Å². The van der Waals surface area contributed by atoms with Gasteiger partial charge in [0.05, 0.1) is 12.0 Å². The Morgan fingerprint density at radius 1 is 0.949 bits per heavy atom. The predicted octanol–water partition coefficient (Wildman–Crippen LogP) is 2.97. The van der Waals surface area contributed by atoms with Gasteiger partial charge in [0.1, 0.15) is 11.8 Å². The lowest BCUT2D eigenvalue weighted by molar-refractivity contribution is -0.134. The highest BCUT2D eigenvalue weighted by atomic mass is 32.2. The molecule has 1 N–H and O–H groups in total. The fourth-order valence-corrected chi connectivity index (χ4v) is 6.22. The molecule has 2 heterocycles. The molecular weight excluding hydrogens is 518 g/mol. The molecule has 1 amide bonds. The molecule has 2 aliphatic rings. The summed E-state index contributed by atoms with van der Waals surface area (Å²) < 4.78 is 45.6. The molecule has 10 heteroatoms. The van der Waals surface area contributed by atoms with Crippen molar-refractivity contribution in [3.05, 3.63) is 83.4 Å². The monoisotopic (exact) mass is 551 g/mol. The van der Waals surface area contributed by atoms with E-state index in [4.69, 9.17) is 14.2 Å². The molecule has 0 spiro atoms. The van der Waals surface area contributed by atoms with Crippen molar-refractivity contribution in [2.45, 2.75) is 30.8 Å². The van der Waals surface area contributed by atoms with Crippen LogP contribution in [0.2, 0.25) is 0 Å². The summed E-state index contributed by atoms with van der Waals surface area (Å²) >= 11 is 0. The molecule has 5 rings (SSSR count). The molecule has 2 aliphatic heterocycles. The van der Waals surface area contributed by atoms with Crippen molar-refractivity contribution in [3.63, 3.8) is 0 Å². The number of nitrogens with one attached hydrogen (secondary N) is 1. The summed E-state index contributed by atoms with van der Waals surface area (Å²) in [4.78, 5) is 17.8. The highest BCUT2D eigenvalue weighted by Gasteiger charge is 2.31. The van der Waals surface area contributed by atoms with Gasteiger partial charge in [0, 0.05) is 32.7 Å². The minimum absolute atomic E-state index is 0.0974. The van der Waals surface area contributed by atoms with Crippen LogP contribution >= 0.6 is 0 Å². The lowest BCUT2D eigenvalue weighted by atomic mass is 10.1. The maximum atomic E-state index is 13.7. The standard InChI is InChI=1S/C29H33N3O6S/c1-21-16-24(9-11-26(21)36-2)39(34,35)30-25(17-22-6-4-3-5-7-22)29(33)32-14-12-31(13-15-32)19-23-8-10-27-28(18-23)38-20-37-27/h3-11,16,18,25,30H,12-15,17,19-20H2,1-2H3/t25-/m1/s1. The van der Waals surface area contributed by atoms with Crippen molar-refractivity contribution in [2.24, 2.45) is 0 Å². The second-order valence-corrected chi connectivity index (χ2v) is 11.5. The number of hydrogen-bond donors (Lipinski definition) is 1. The number of carbonyl (C=O) groups excluding carboxylic acids is 1. The fraction of sp³-hybridized carbons (Fsp3) is 0.345. The molecule has 0 bridgehead atoms. The van der Waals surface area contributed by atoms with Crippen molar-refractivity contribution in [1.29, 1.82) is 0 Å². The Bertz CT molecular complexity index is 1420. The molecule has 206 valence electrons. The summed E-state index contributed by atoms with van der Waals surface area (Å²) in [6.07, 6.45) is 0.255. The number of fused-ring (bicyclic) bond motifs is 1. The number of carbonyl (C=O) groups is 1. The van der Waals surface area contributed by atoms with Crippen LogP contribution in [-0.2, 0) is 27.8 Å². The van der Waals surface area contributed by atoms with Gasteiger partial charge in [0.15, 0.2) is 11.5 Å². The van der Waals surface area contributed by atoms with Crippen LogP contribution in [0, 0.1) is 6.92 Å². The smallest absolute Gasteiger partial charge is 0.241 e. The van der Waals surface area contributed by atoms with E-state index in [0.717, 1.165) is 29.2 Å². The van der Waals surface area contributed by atoms with E-state index in [1.807, 2.05) is 48.5 Å². The number of aryl methyl sites for hydroxylation is 1. The first-order chi connectivity index (χ1) is 18.8. The molecule has 0 unspecified atom stereocenters. The predicted molar refractivity (Wildman–Crippen MR) is 146 cm³/mol. The van der Waals surface area contributed by atoms with Gasteiger partial charge in [0.2, 0.25) is 22.7 Å². The van der Waals surface area contributed by atoms with Crippen LogP contribution in [0.4, 0.5) is 0 Å². The molecule has 0 aliphatic carbocycles.